The lowest BCUT2D eigenvalue weighted by molar-refractivity contribution is -0.139. The van der Waals surface area contributed by atoms with E-state index in [9.17, 15) is 14.4 Å². The Hall–Kier alpha value is -2.41. The lowest BCUT2D eigenvalue weighted by Gasteiger charge is -2.28. The van der Waals surface area contributed by atoms with Gasteiger partial charge in [0.05, 0.1) is 25.0 Å². The van der Waals surface area contributed by atoms with Gasteiger partial charge in [-0.2, -0.15) is 0 Å². The second-order valence-electron chi connectivity index (χ2n) is 5.87. The van der Waals surface area contributed by atoms with Crippen molar-refractivity contribution in [2.24, 2.45) is 0 Å². The molecule has 0 spiro atoms. The summed E-state index contributed by atoms with van der Waals surface area (Å²) in [4.78, 5) is 34.6. The van der Waals surface area contributed by atoms with Crippen LogP contribution >= 0.6 is 0 Å². The zero-order valence-electron chi connectivity index (χ0n) is 14.0. The van der Waals surface area contributed by atoms with Crippen LogP contribution in [0.5, 0.6) is 0 Å². The quantitative estimate of drug-likeness (QED) is 0.584. The van der Waals surface area contributed by atoms with E-state index in [1.807, 2.05) is 30.3 Å². The number of rotatable bonds is 10. The van der Waals surface area contributed by atoms with Crippen molar-refractivity contribution >= 4 is 17.8 Å². The van der Waals surface area contributed by atoms with E-state index in [1.165, 1.54) is 7.11 Å². The molecule has 1 rings (SSSR count). The fraction of sp³-hybridized carbons (Fsp3) is 0.471. The number of hydrogen-bond acceptors (Lipinski definition) is 4. The Bertz CT molecular complexity index is 561. The van der Waals surface area contributed by atoms with Gasteiger partial charge in [0.25, 0.3) is 0 Å². The van der Waals surface area contributed by atoms with Gasteiger partial charge in [0, 0.05) is 20.1 Å². The Kier molecular flexibility index (Phi) is 7.91. The van der Waals surface area contributed by atoms with Gasteiger partial charge < -0.3 is 20.5 Å². The zero-order chi connectivity index (χ0) is 18.0. The predicted octanol–water partition coefficient (Wildman–Crippen LogP) is 0.731. The van der Waals surface area contributed by atoms with Gasteiger partial charge in [0.15, 0.2) is 0 Å². The molecule has 7 heteroatoms. The summed E-state index contributed by atoms with van der Waals surface area (Å²) in [5, 5.41) is 14.2. The summed E-state index contributed by atoms with van der Waals surface area (Å²) >= 11 is 0. The molecule has 0 heterocycles. The van der Waals surface area contributed by atoms with E-state index in [2.05, 4.69) is 10.6 Å². The van der Waals surface area contributed by atoms with Crippen molar-refractivity contribution in [3.63, 3.8) is 0 Å². The first kappa shape index (κ1) is 19.6. The van der Waals surface area contributed by atoms with Gasteiger partial charge in [-0.05, 0) is 12.5 Å². The third-order valence-corrected chi connectivity index (χ3v) is 3.33. The Labute approximate surface area is 141 Å². The highest BCUT2D eigenvalue weighted by Crippen LogP contribution is 2.10. The molecule has 0 aromatic heterocycles. The van der Waals surface area contributed by atoms with Crippen LogP contribution in [0.1, 0.15) is 25.3 Å². The smallest absolute Gasteiger partial charge is 0.305 e. The van der Waals surface area contributed by atoms with Crippen molar-refractivity contribution in [3.05, 3.63) is 35.9 Å². The van der Waals surface area contributed by atoms with E-state index >= 15 is 0 Å². The third kappa shape index (κ3) is 7.73. The Morgan fingerprint density at radius 2 is 1.83 bits per heavy atom. The number of carboxylic acid groups (broad SMARTS) is 1. The molecule has 1 unspecified atom stereocenters. The van der Waals surface area contributed by atoms with Gasteiger partial charge in [-0.15, -0.1) is 0 Å². The molecule has 1 aromatic carbocycles. The molecule has 2 amide bonds. The topological polar surface area (TPSA) is 105 Å². The first-order chi connectivity index (χ1) is 11.3. The fourth-order valence-corrected chi connectivity index (χ4v) is 2.34. The SMILES string of the molecule is COCC(C)(CC(=O)O)NC(=O)CCNC(=O)Cc1ccccc1. The highest BCUT2D eigenvalue weighted by molar-refractivity contribution is 5.81. The van der Waals surface area contributed by atoms with E-state index in [4.69, 9.17) is 9.84 Å². The Balaban J connectivity index is 2.36. The van der Waals surface area contributed by atoms with E-state index in [0.29, 0.717) is 0 Å². The molecule has 0 aliphatic heterocycles. The van der Waals surface area contributed by atoms with Gasteiger partial charge in [-0.1, -0.05) is 30.3 Å². The zero-order valence-corrected chi connectivity index (χ0v) is 14.0. The Morgan fingerprint density at radius 3 is 2.42 bits per heavy atom. The predicted molar refractivity (Wildman–Crippen MR) is 88.4 cm³/mol. The molecule has 0 aliphatic carbocycles. The van der Waals surface area contributed by atoms with E-state index in [0.717, 1.165) is 5.56 Å². The highest BCUT2D eigenvalue weighted by Gasteiger charge is 2.29. The molecule has 0 radical (unpaired) electrons. The first-order valence-corrected chi connectivity index (χ1v) is 7.67. The average Bonchev–Trinajstić information content (AvgIpc) is 2.47. The van der Waals surface area contributed by atoms with E-state index < -0.39 is 11.5 Å². The monoisotopic (exact) mass is 336 g/mol. The van der Waals surface area contributed by atoms with Gasteiger partial charge in [-0.25, -0.2) is 0 Å². The molecule has 0 fully saturated rings. The molecule has 1 aromatic rings. The van der Waals surface area contributed by atoms with Crippen molar-refractivity contribution in [3.8, 4) is 0 Å². The molecule has 0 saturated carbocycles. The van der Waals surface area contributed by atoms with Crippen LogP contribution in [0, 0.1) is 0 Å². The van der Waals surface area contributed by atoms with Crippen molar-refractivity contribution in [2.45, 2.75) is 31.7 Å². The second-order valence-corrected chi connectivity index (χ2v) is 5.87. The number of amides is 2. The summed E-state index contributed by atoms with van der Waals surface area (Å²) in [5.41, 5.74) is -0.0836. The lowest BCUT2D eigenvalue weighted by Crippen LogP contribution is -2.51. The fourth-order valence-electron chi connectivity index (χ4n) is 2.34. The lowest BCUT2D eigenvalue weighted by atomic mass is 9.98. The average molecular weight is 336 g/mol. The number of aliphatic carboxylic acids is 1. The van der Waals surface area contributed by atoms with Crippen LogP contribution in [-0.2, 0) is 25.5 Å². The Morgan fingerprint density at radius 1 is 1.17 bits per heavy atom. The van der Waals surface area contributed by atoms with Crippen LogP contribution in [-0.4, -0.2) is 48.7 Å². The molecule has 7 nitrogen and oxygen atoms in total. The molecule has 132 valence electrons. The van der Waals surface area contributed by atoms with Gasteiger partial charge in [-0.3, -0.25) is 14.4 Å². The van der Waals surface area contributed by atoms with Gasteiger partial charge >= 0.3 is 5.97 Å². The van der Waals surface area contributed by atoms with Crippen LogP contribution in [0.2, 0.25) is 0 Å². The number of carbonyl (C=O) groups is 3. The number of benzene rings is 1. The standard InChI is InChI=1S/C17H24N2O5/c1-17(12-24-2,11-16(22)23)19-14(20)8-9-18-15(21)10-13-6-4-3-5-7-13/h3-7H,8-12H2,1-2H3,(H,18,21)(H,19,20)(H,22,23). The van der Waals surface area contributed by atoms with Crippen LogP contribution < -0.4 is 10.6 Å². The van der Waals surface area contributed by atoms with Crippen molar-refractivity contribution in [2.75, 3.05) is 20.3 Å². The summed E-state index contributed by atoms with van der Waals surface area (Å²) in [6, 6.07) is 9.30. The maximum atomic E-state index is 11.9. The minimum Gasteiger partial charge on any atom is -0.481 e. The summed E-state index contributed by atoms with van der Waals surface area (Å²) in [7, 11) is 1.44. The molecule has 3 N–H and O–H groups in total. The maximum Gasteiger partial charge on any atom is 0.305 e. The number of hydrogen-bond donors (Lipinski definition) is 3. The number of nitrogens with one attached hydrogen (secondary N) is 2. The summed E-state index contributed by atoms with van der Waals surface area (Å²) in [6.07, 6.45) is 0.0786. The van der Waals surface area contributed by atoms with Crippen molar-refractivity contribution in [1.82, 2.24) is 10.6 Å². The van der Waals surface area contributed by atoms with Gasteiger partial charge in [0.1, 0.15) is 0 Å². The molecule has 24 heavy (non-hydrogen) atoms. The van der Waals surface area contributed by atoms with Crippen molar-refractivity contribution in [1.29, 1.82) is 0 Å². The first-order valence-electron chi connectivity index (χ1n) is 7.67. The van der Waals surface area contributed by atoms with Crippen LogP contribution in [0.25, 0.3) is 0 Å². The summed E-state index contributed by atoms with van der Waals surface area (Å²) in [5.74, 6) is -1.53. The minimum atomic E-state index is -1.02. The molecular weight excluding hydrogens is 312 g/mol. The third-order valence-electron chi connectivity index (χ3n) is 3.33. The minimum absolute atomic E-state index is 0.0689. The maximum absolute atomic E-state index is 11.9. The number of carboxylic acids is 1. The van der Waals surface area contributed by atoms with Crippen molar-refractivity contribution < 1.29 is 24.2 Å². The van der Waals surface area contributed by atoms with E-state index in [1.54, 1.807) is 6.92 Å². The second kappa shape index (κ2) is 9.67. The molecule has 0 saturated heterocycles. The van der Waals surface area contributed by atoms with Gasteiger partial charge in [0.2, 0.25) is 11.8 Å². The van der Waals surface area contributed by atoms with Crippen LogP contribution in [0.15, 0.2) is 30.3 Å². The van der Waals surface area contributed by atoms with Crippen LogP contribution in [0.3, 0.4) is 0 Å². The summed E-state index contributed by atoms with van der Waals surface area (Å²) < 4.78 is 4.97. The van der Waals surface area contributed by atoms with Crippen LogP contribution in [0.4, 0.5) is 0 Å². The normalized spacial score (nSPS) is 12.9. The molecular formula is C17H24N2O5. The number of carbonyl (C=O) groups excluding carboxylic acids is 2. The molecule has 0 aliphatic rings. The largest absolute Gasteiger partial charge is 0.481 e. The van der Waals surface area contributed by atoms with E-state index in [-0.39, 0.29) is 44.2 Å². The number of ether oxygens (including phenoxy) is 1. The molecule has 0 bridgehead atoms. The highest BCUT2D eigenvalue weighted by atomic mass is 16.5. The number of methoxy groups -OCH3 is 1. The molecule has 1 atom stereocenters. The summed E-state index contributed by atoms with van der Waals surface area (Å²) in [6.45, 7) is 1.88.